The van der Waals surface area contributed by atoms with Gasteiger partial charge in [-0.25, -0.2) is 0 Å². The quantitative estimate of drug-likeness (QED) is 0.854. The number of rotatable bonds is 5. The Bertz CT molecular complexity index is 361. The lowest BCUT2D eigenvalue weighted by molar-refractivity contribution is 0.0655. The molecule has 0 radical (unpaired) electrons. The van der Waals surface area contributed by atoms with E-state index in [1.54, 1.807) is 0 Å². The Morgan fingerprint density at radius 1 is 1.39 bits per heavy atom. The third kappa shape index (κ3) is 4.09. The van der Waals surface area contributed by atoms with Gasteiger partial charge in [-0.2, -0.15) is 0 Å². The molecule has 1 aromatic rings. The van der Waals surface area contributed by atoms with E-state index in [9.17, 15) is 0 Å². The molecule has 3 heteroatoms. The van der Waals surface area contributed by atoms with Crippen molar-refractivity contribution in [1.82, 2.24) is 10.2 Å². The first kappa shape index (κ1) is 13.5. The van der Waals surface area contributed by atoms with Crippen LogP contribution in [0.4, 0.5) is 0 Å². The number of nitrogens with zero attached hydrogens (tertiary/aromatic N) is 1. The number of ether oxygens (including phenoxy) is 1. The van der Waals surface area contributed by atoms with E-state index in [4.69, 9.17) is 4.74 Å². The van der Waals surface area contributed by atoms with Crippen molar-refractivity contribution in [3.05, 3.63) is 35.4 Å². The molecular formula is C15H24N2O. The molecule has 1 N–H and O–H groups in total. The van der Waals surface area contributed by atoms with E-state index in [0.717, 1.165) is 39.3 Å². The zero-order chi connectivity index (χ0) is 12.8. The van der Waals surface area contributed by atoms with Crippen molar-refractivity contribution < 1.29 is 4.74 Å². The molecular weight excluding hydrogens is 224 g/mol. The van der Waals surface area contributed by atoms with Gasteiger partial charge in [-0.3, -0.25) is 0 Å². The lowest BCUT2D eigenvalue weighted by atomic mass is 10.1. The molecule has 0 amide bonds. The second kappa shape index (κ2) is 6.88. The molecule has 0 aromatic heterocycles. The predicted octanol–water partition coefficient (Wildman–Crippen LogP) is 1.46. The van der Waals surface area contributed by atoms with Gasteiger partial charge in [0.1, 0.15) is 0 Å². The number of morpholine rings is 1. The topological polar surface area (TPSA) is 24.5 Å². The molecule has 0 saturated carbocycles. The summed E-state index contributed by atoms with van der Waals surface area (Å²) in [7, 11) is 2.19. The minimum absolute atomic E-state index is 0.487. The van der Waals surface area contributed by atoms with Crippen LogP contribution in [0.15, 0.2) is 24.3 Å². The number of hydrogen-bond acceptors (Lipinski definition) is 3. The number of aryl methyl sites for hydroxylation is 1. The van der Waals surface area contributed by atoms with Gasteiger partial charge in [0.2, 0.25) is 0 Å². The zero-order valence-corrected chi connectivity index (χ0v) is 11.5. The summed E-state index contributed by atoms with van der Waals surface area (Å²) in [5.41, 5.74) is 2.85. The van der Waals surface area contributed by atoms with Crippen molar-refractivity contribution in [2.45, 2.75) is 19.4 Å². The van der Waals surface area contributed by atoms with Crippen LogP contribution in [0.25, 0.3) is 0 Å². The second-order valence-electron chi connectivity index (χ2n) is 5.16. The van der Waals surface area contributed by atoms with E-state index in [1.165, 1.54) is 11.1 Å². The first-order valence-electron chi connectivity index (χ1n) is 6.80. The minimum atomic E-state index is 0.487. The van der Waals surface area contributed by atoms with Gasteiger partial charge in [0, 0.05) is 25.7 Å². The van der Waals surface area contributed by atoms with Gasteiger partial charge in [0.05, 0.1) is 13.2 Å². The Labute approximate surface area is 110 Å². The number of likely N-dealkylation sites (N-methyl/N-ethyl adjacent to an activating group) is 1. The maximum absolute atomic E-state index is 5.48. The van der Waals surface area contributed by atoms with Crippen molar-refractivity contribution in [3.8, 4) is 0 Å². The van der Waals surface area contributed by atoms with E-state index in [-0.39, 0.29) is 0 Å². The third-order valence-corrected chi connectivity index (χ3v) is 3.55. The number of benzene rings is 1. The molecule has 1 fully saturated rings. The van der Waals surface area contributed by atoms with E-state index in [1.807, 2.05) is 0 Å². The van der Waals surface area contributed by atoms with Gasteiger partial charge in [-0.15, -0.1) is 0 Å². The van der Waals surface area contributed by atoms with Crippen LogP contribution < -0.4 is 5.32 Å². The molecule has 1 atom stereocenters. The monoisotopic (exact) mass is 248 g/mol. The molecule has 1 saturated heterocycles. The molecule has 0 spiro atoms. The van der Waals surface area contributed by atoms with Crippen LogP contribution in [0.3, 0.4) is 0 Å². The SMILES string of the molecule is Cc1ccccc1CCN(C)CC1COCCN1. The number of hydrogen-bond donors (Lipinski definition) is 1. The summed E-state index contributed by atoms with van der Waals surface area (Å²) in [5, 5.41) is 3.49. The largest absolute Gasteiger partial charge is 0.378 e. The Balaban J connectivity index is 1.74. The summed E-state index contributed by atoms with van der Waals surface area (Å²) < 4.78 is 5.48. The molecule has 0 bridgehead atoms. The Hall–Kier alpha value is -0.900. The molecule has 1 aliphatic heterocycles. The highest BCUT2D eigenvalue weighted by Gasteiger charge is 2.14. The average Bonchev–Trinajstić information content (AvgIpc) is 2.39. The summed E-state index contributed by atoms with van der Waals surface area (Å²) >= 11 is 0. The second-order valence-corrected chi connectivity index (χ2v) is 5.16. The first-order valence-corrected chi connectivity index (χ1v) is 6.80. The van der Waals surface area contributed by atoms with E-state index in [2.05, 4.69) is 48.5 Å². The lowest BCUT2D eigenvalue weighted by Gasteiger charge is -2.28. The summed E-state index contributed by atoms with van der Waals surface area (Å²) in [6.07, 6.45) is 1.12. The van der Waals surface area contributed by atoms with Crippen molar-refractivity contribution >= 4 is 0 Å². The predicted molar refractivity (Wildman–Crippen MR) is 75.0 cm³/mol. The molecule has 0 aliphatic carbocycles. The van der Waals surface area contributed by atoms with Crippen LogP contribution >= 0.6 is 0 Å². The van der Waals surface area contributed by atoms with E-state index in [0.29, 0.717) is 6.04 Å². The maximum atomic E-state index is 5.48. The van der Waals surface area contributed by atoms with E-state index < -0.39 is 0 Å². The zero-order valence-electron chi connectivity index (χ0n) is 11.5. The molecule has 2 rings (SSSR count). The molecule has 1 aromatic carbocycles. The van der Waals surface area contributed by atoms with Crippen molar-refractivity contribution in [1.29, 1.82) is 0 Å². The molecule has 100 valence electrons. The van der Waals surface area contributed by atoms with Crippen LogP contribution in [-0.2, 0) is 11.2 Å². The van der Waals surface area contributed by atoms with Gasteiger partial charge in [0.15, 0.2) is 0 Å². The van der Waals surface area contributed by atoms with Gasteiger partial charge in [-0.1, -0.05) is 24.3 Å². The smallest absolute Gasteiger partial charge is 0.0632 e. The van der Waals surface area contributed by atoms with Gasteiger partial charge >= 0.3 is 0 Å². The third-order valence-electron chi connectivity index (χ3n) is 3.55. The number of nitrogens with one attached hydrogen (secondary N) is 1. The van der Waals surface area contributed by atoms with Crippen molar-refractivity contribution in [3.63, 3.8) is 0 Å². The Morgan fingerprint density at radius 3 is 2.94 bits per heavy atom. The highest BCUT2D eigenvalue weighted by atomic mass is 16.5. The van der Waals surface area contributed by atoms with Crippen molar-refractivity contribution in [2.75, 3.05) is 39.9 Å². The fourth-order valence-electron chi connectivity index (χ4n) is 2.41. The summed E-state index contributed by atoms with van der Waals surface area (Å²) in [6, 6.07) is 9.13. The first-order chi connectivity index (χ1) is 8.75. The normalized spacial score (nSPS) is 20.3. The summed E-state index contributed by atoms with van der Waals surface area (Å²) in [6.45, 7) is 7.02. The molecule has 1 aliphatic rings. The Kier molecular flexibility index (Phi) is 5.17. The van der Waals surface area contributed by atoms with Crippen molar-refractivity contribution in [2.24, 2.45) is 0 Å². The van der Waals surface area contributed by atoms with Crippen LogP contribution in [-0.4, -0.2) is 50.8 Å². The van der Waals surface area contributed by atoms with Crippen LogP contribution in [0.1, 0.15) is 11.1 Å². The molecule has 1 unspecified atom stereocenters. The highest BCUT2D eigenvalue weighted by molar-refractivity contribution is 5.25. The maximum Gasteiger partial charge on any atom is 0.0632 e. The lowest BCUT2D eigenvalue weighted by Crippen LogP contribution is -2.47. The van der Waals surface area contributed by atoms with Gasteiger partial charge in [-0.05, 0) is 31.5 Å². The van der Waals surface area contributed by atoms with Gasteiger partial charge < -0.3 is 15.0 Å². The molecule has 18 heavy (non-hydrogen) atoms. The summed E-state index contributed by atoms with van der Waals surface area (Å²) in [4.78, 5) is 2.39. The van der Waals surface area contributed by atoms with Crippen LogP contribution in [0.5, 0.6) is 0 Å². The molecule has 3 nitrogen and oxygen atoms in total. The minimum Gasteiger partial charge on any atom is -0.378 e. The summed E-state index contributed by atoms with van der Waals surface area (Å²) in [5.74, 6) is 0. The van der Waals surface area contributed by atoms with Crippen LogP contribution in [0.2, 0.25) is 0 Å². The van der Waals surface area contributed by atoms with Gasteiger partial charge in [0.25, 0.3) is 0 Å². The van der Waals surface area contributed by atoms with E-state index >= 15 is 0 Å². The highest BCUT2D eigenvalue weighted by Crippen LogP contribution is 2.08. The fraction of sp³-hybridized carbons (Fsp3) is 0.600. The van der Waals surface area contributed by atoms with Crippen LogP contribution in [0, 0.1) is 6.92 Å². The average molecular weight is 248 g/mol. The molecule has 1 heterocycles. The standard InChI is InChI=1S/C15H24N2O/c1-13-5-3-4-6-14(13)7-9-17(2)11-15-12-18-10-8-16-15/h3-6,15-16H,7-12H2,1-2H3. The Morgan fingerprint density at radius 2 is 2.22 bits per heavy atom. The fourth-order valence-corrected chi connectivity index (χ4v) is 2.41.